The molecule has 0 aliphatic heterocycles. The van der Waals surface area contributed by atoms with Crippen molar-refractivity contribution in [1.29, 1.82) is 0 Å². The maximum absolute atomic E-state index is 11.6. The van der Waals surface area contributed by atoms with Gasteiger partial charge in [-0.15, -0.1) is 0 Å². The van der Waals surface area contributed by atoms with Gasteiger partial charge < -0.3 is 10.1 Å². The van der Waals surface area contributed by atoms with Crippen LogP contribution >= 0.6 is 15.9 Å². The van der Waals surface area contributed by atoms with Gasteiger partial charge in [0.05, 0.1) is 11.7 Å². The van der Waals surface area contributed by atoms with E-state index in [1.54, 1.807) is 18.5 Å². The van der Waals surface area contributed by atoms with Crippen molar-refractivity contribution in [2.75, 3.05) is 4.90 Å². The predicted molar refractivity (Wildman–Crippen MR) is 89.4 cm³/mol. The topological polar surface area (TPSA) is 82.1 Å². The van der Waals surface area contributed by atoms with Gasteiger partial charge >= 0.3 is 6.09 Å². The Labute approximate surface area is 135 Å². The number of anilines is 1. The SMILES string of the molecule is CC(C)(C)N(C(=O)O)c1cc2c(cn1)[nH]c1ncc(Br)cc12. The fraction of sp³-hybridized carbons (Fsp3) is 0.267. The molecule has 0 unspecified atom stereocenters. The number of carboxylic acid groups (broad SMARTS) is 1. The number of carbonyl (C=O) groups is 1. The maximum atomic E-state index is 11.6. The second-order valence-electron chi connectivity index (χ2n) is 6.05. The summed E-state index contributed by atoms with van der Waals surface area (Å²) in [6.45, 7) is 5.50. The summed E-state index contributed by atoms with van der Waals surface area (Å²) in [7, 11) is 0. The fourth-order valence-corrected chi connectivity index (χ4v) is 2.82. The van der Waals surface area contributed by atoms with E-state index in [1.165, 1.54) is 4.90 Å². The summed E-state index contributed by atoms with van der Waals surface area (Å²) in [6, 6.07) is 3.73. The Hall–Kier alpha value is -2.15. The Morgan fingerprint density at radius 1 is 1.23 bits per heavy atom. The molecule has 7 heteroatoms. The van der Waals surface area contributed by atoms with Crippen LogP contribution in [0.5, 0.6) is 0 Å². The number of pyridine rings is 2. The Balaban J connectivity index is 2.26. The Bertz CT molecular complexity index is 882. The molecule has 3 heterocycles. The number of rotatable bonds is 1. The molecule has 0 aromatic carbocycles. The summed E-state index contributed by atoms with van der Waals surface area (Å²) in [5, 5.41) is 11.3. The Morgan fingerprint density at radius 2 is 1.95 bits per heavy atom. The zero-order valence-electron chi connectivity index (χ0n) is 12.4. The standard InChI is InChI=1S/C15H15BrN4O2/c1-15(2,3)20(14(21)22)12-5-9-10-4-8(16)6-18-13(10)19-11(9)7-17-12/h4-7H,1-3H3,(H,18,19)(H,21,22). The minimum Gasteiger partial charge on any atom is -0.465 e. The molecular weight excluding hydrogens is 348 g/mol. The van der Waals surface area contributed by atoms with E-state index < -0.39 is 11.6 Å². The first-order valence-electron chi connectivity index (χ1n) is 6.73. The van der Waals surface area contributed by atoms with Gasteiger partial charge in [-0.05, 0) is 48.8 Å². The summed E-state index contributed by atoms with van der Waals surface area (Å²) in [4.78, 5) is 24.6. The molecule has 0 bridgehead atoms. The van der Waals surface area contributed by atoms with Gasteiger partial charge in [0.25, 0.3) is 0 Å². The number of fused-ring (bicyclic) bond motifs is 3. The molecule has 3 aromatic rings. The van der Waals surface area contributed by atoms with Crippen LogP contribution in [0.25, 0.3) is 21.9 Å². The molecule has 6 nitrogen and oxygen atoms in total. The summed E-state index contributed by atoms with van der Waals surface area (Å²) in [5.74, 6) is 0.397. The summed E-state index contributed by atoms with van der Waals surface area (Å²) in [5.41, 5.74) is 0.982. The highest BCUT2D eigenvalue weighted by molar-refractivity contribution is 9.10. The van der Waals surface area contributed by atoms with E-state index in [1.807, 2.05) is 26.8 Å². The smallest absolute Gasteiger partial charge is 0.413 e. The van der Waals surface area contributed by atoms with Gasteiger partial charge in [0.15, 0.2) is 0 Å². The predicted octanol–water partition coefficient (Wildman–Crippen LogP) is 4.16. The molecular formula is C15H15BrN4O2. The minimum atomic E-state index is -1.03. The van der Waals surface area contributed by atoms with Crippen molar-refractivity contribution in [1.82, 2.24) is 15.0 Å². The van der Waals surface area contributed by atoms with E-state index >= 15 is 0 Å². The van der Waals surface area contributed by atoms with Crippen molar-refractivity contribution >= 4 is 49.8 Å². The number of amides is 1. The minimum absolute atomic E-state index is 0.397. The second kappa shape index (κ2) is 4.95. The van der Waals surface area contributed by atoms with Gasteiger partial charge in [-0.3, -0.25) is 4.90 Å². The molecule has 0 aliphatic rings. The van der Waals surface area contributed by atoms with Crippen LogP contribution in [0.3, 0.4) is 0 Å². The number of hydrogen-bond acceptors (Lipinski definition) is 3. The molecule has 0 fully saturated rings. The van der Waals surface area contributed by atoms with Crippen molar-refractivity contribution < 1.29 is 9.90 Å². The fourth-order valence-electron chi connectivity index (χ4n) is 2.49. The van der Waals surface area contributed by atoms with Crippen LogP contribution in [0, 0.1) is 0 Å². The average Bonchev–Trinajstić information content (AvgIpc) is 2.74. The molecule has 3 rings (SSSR count). The third-order valence-electron chi connectivity index (χ3n) is 3.38. The molecule has 114 valence electrons. The second-order valence-corrected chi connectivity index (χ2v) is 6.97. The Morgan fingerprint density at radius 3 is 2.59 bits per heavy atom. The van der Waals surface area contributed by atoms with Crippen LogP contribution in [0.2, 0.25) is 0 Å². The number of hydrogen-bond donors (Lipinski definition) is 2. The molecule has 0 radical (unpaired) electrons. The quantitative estimate of drug-likeness (QED) is 0.680. The van der Waals surface area contributed by atoms with Crippen LogP contribution in [0.4, 0.5) is 10.6 Å². The number of aromatic amines is 1. The maximum Gasteiger partial charge on any atom is 0.413 e. The molecule has 0 saturated heterocycles. The lowest BCUT2D eigenvalue weighted by atomic mass is 10.1. The largest absolute Gasteiger partial charge is 0.465 e. The molecule has 0 spiro atoms. The Kier molecular flexibility index (Phi) is 3.32. The number of H-pyrrole nitrogens is 1. The molecule has 0 saturated carbocycles. The zero-order valence-corrected chi connectivity index (χ0v) is 14.0. The molecule has 0 aliphatic carbocycles. The third kappa shape index (κ3) is 2.41. The lowest BCUT2D eigenvalue weighted by Crippen LogP contribution is -2.45. The molecule has 2 N–H and O–H groups in total. The monoisotopic (exact) mass is 362 g/mol. The molecule has 1 amide bonds. The van der Waals surface area contributed by atoms with Gasteiger partial charge in [0.1, 0.15) is 11.5 Å². The van der Waals surface area contributed by atoms with Gasteiger partial charge in [0, 0.05) is 27.0 Å². The first kappa shape index (κ1) is 14.8. The van der Waals surface area contributed by atoms with Crippen molar-refractivity contribution in [3.8, 4) is 0 Å². The van der Waals surface area contributed by atoms with E-state index in [2.05, 4.69) is 30.9 Å². The molecule has 22 heavy (non-hydrogen) atoms. The van der Waals surface area contributed by atoms with Crippen LogP contribution in [0.15, 0.2) is 29.0 Å². The molecule has 3 aromatic heterocycles. The first-order chi connectivity index (χ1) is 10.3. The van der Waals surface area contributed by atoms with E-state index in [0.717, 1.165) is 26.4 Å². The first-order valence-corrected chi connectivity index (χ1v) is 7.53. The van der Waals surface area contributed by atoms with Gasteiger partial charge in [-0.25, -0.2) is 14.8 Å². The third-order valence-corrected chi connectivity index (χ3v) is 3.81. The van der Waals surface area contributed by atoms with E-state index in [4.69, 9.17) is 0 Å². The van der Waals surface area contributed by atoms with Crippen LogP contribution in [-0.4, -0.2) is 31.7 Å². The highest BCUT2D eigenvalue weighted by atomic mass is 79.9. The van der Waals surface area contributed by atoms with E-state index in [9.17, 15) is 9.90 Å². The summed E-state index contributed by atoms with van der Waals surface area (Å²) >= 11 is 3.41. The number of nitrogens with zero attached hydrogens (tertiary/aromatic N) is 3. The number of nitrogens with one attached hydrogen (secondary N) is 1. The summed E-state index contributed by atoms with van der Waals surface area (Å²) in [6.07, 6.45) is 2.32. The van der Waals surface area contributed by atoms with Crippen molar-refractivity contribution in [3.63, 3.8) is 0 Å². The zero-order chi connectivity index (χ0) is 16.1. The van der Waals surface area contributed by atoms with Crippen molar-refractivity contribution in [2.45, 2.75) is 26.3 Å². The van der Waals surface area contributed by atoms with E-state index in [0.29, 0.717) is 5.82 Å². The summed E-state index contributed by atoms with van der Waals surface area (Å²) < 4.78 is 0.866. The van der Waals surface area contributed by atoms with Crippen LogP contribution in [0.1, 0.15) is 20.8 Å². The highest BCUT2D eigenvalue weighted by Gasteiger charge is 2.29. The van der Waals surface area contributed by atoms with Gasteiger partial charge in [0.2, 0.25) is 0 Å². The van der Waals surface area contributed by atoms with Gasteiger partial charge in [-0.1, -0.05) is 0 Å². The lowest BCUT2D eigenvalue weighted by molar-refractivity contribution is 0.195. The lowest BCUT2D eigenvalue weighted by Gasteiger charge is -2.32. The van der Waals surface area contributed by atoms with Crippen LogP contribution < -0.4 is 4.90 Å². The highest BCUT2D eigenvalue weighted by Crippen LogP contribution is 2.30. The molecule has 0 atom stereocenters. The normalized spacial score (nSPS) is 12.0. The van der Waals surface area contributed by atoms with Gasteiger partial charge in [-0.2, -0.15) is 0 Å². The van der Waals surface area contributed by atoms with Crippen molar-refractivity contribution in [3.05, 3.63) is 29.0 Å². The van der Waals surface area contributed by atoms with E-state index in [-0.39, 0.29) is 0 Å². The number of halogens is 1. The number of aromatic nitrogens is 3. The van der Waals surface area contributed by atoms with Crippen LogP contribution in [-0.2, 0) is 0 Å². The van der Waals surface area contributed by atoms with Crippen molar-refractivity contribution in [2.24, 2.45) is 0 Å². The average molecular weight is 363 g/mol.